The van der Waals surface area contributed by atoms with Crippen LogP contribution in [0.15, 0.2) is 36.4 Å². The summed E-state index contributed by atoms with van der Waals surface area (Å²) in [5.74, 6) is -2.80. The Morgan fingerprint density at radius 2 is 1.08 bits per heavy atom. The maximum absolute atomic E-state index is 13.8. The minimum atomic E-state index is -4.66. The number of aliphatic hydroxyl groups excluding tert-OH is 9. The molecule has 13 N–H and O–H groups in total. The molecule has 29 nitrogen and oxygen atoms in total. The van der Waals surface area contributed by atoms with Crippen molar-refractivity contribution < 1.29 is 120 Å². The lowest BCUT2D eigenvalue weighted by Crippen LogP contribution is -2.71. The molecule has 20 unspecified atom stereocenters. The molecule has 0 saturated carbocycles. The summed E-state index contributed by atoms with van der Waals surface area (Å²) in [5.41, 5.74) is 0.0609. The van der Waals surface area contributed by atoms with Crippen molar-refractivity contribution in [3.05, 3.63) is 42.0 Å². The molecule has 4 aliphatic rings. The average Bonchev–Trinajstić information content (AvgIpc) is 3.39. The van der Waals surface area contributed by atoms with Crippen LogP contribution < -0.4 is 26.0 Å². The first-order valence-corrected chi connectivity index (χ1v) is 26.4. The van der Waals surface area contributed by atoms with Crippen LogP contribution in [-0.2, 0) is 66.3 Å². The second kappa shape index (κ2) is 29.9. The summed E-state index contributed by atoms with van der Waals surface area (Å²) < 4.78 is 80.7. The van der Waals surface area contributed by atoms with Gasteiger partial charge in [0.15, 0.2) is 25.2 Å². The number of aliphatic hydroxyl groups is 9. The number of hydrogen-bond donors (Lipinski definition) is 13. The molecule has 30 heteroatoms. The van der Waals surface area contributed by atoms with Crippen LogP contribution in [0.5, 0.6) is 5.75 Å². The lowest BCUT2D eigenvalue weighted by Gasteiger charge is -2.51. The van der Waals surface area contributed by atoms with Crippen molar-refractivity contribution in [3.63, 3.8) is 0 Å². The molecule has 5 rings (SSSR count). The lowest BCUT2D eigenvalue weighted by atomic mass is 9.93. The Morgan fingerprint density at radius 1 is 0.610 bits per heavy atom. The molecule has 4 amide bonds. The number of allylic oxidation sites excluding steroid dienone is 2. The van der Waals surface area contributed by atoms with Crippen LogP contribution in [0.25, 0.3) is 0 Å². The lowest BCUT2D eigenvalue weighted by molar-refractivity contribution is -0.361. The quantitative estimate of drug-likeness (QED) is 0.0305. The first-order valence-electron chi connectivity index (χ1n) is 25.0. The predicted octanol–water partition coefficient (Wildman–Crippen LogP) is -5.06. The number of carbonyl (C=O) groups excluding carboxylic acids is 4. The largest absolute Gasteiger partial charge is 0.494 e. The number of carbonyl (C=O) groups is 4. The van der Waals surface area contributed by atoms with Crippen molar-refractivity contribution in [3.8, 4) is 5.75 Å². The maximum atomic E-state index is 13.8. The zero-order valence-corrected chi connectivity index (χ0v) is 43.9. The smallest absolute Gasteiger partial charge is 0.399 e. The number of unbranched alkanes of at least 4 members (excludes halogenated alkanes) is 3. The molecule has 0 bridgehead atoms. The van der Waals surface area contributed by atoms with E-state index in [-0.39, 0.29) is 5.56 Å². The van der Waals surface area contributed by atoms with Gasteiger partial charge < -0.3 is 105 Å². The Kier molecular flexibility index (Phi) is 24.7. The Bertz CT molecular complexity index is 2200. The first-order chi connectivity index (χ1) is 36.6. The van der Waals surface area contributed by atoms with Crippen LogP contribution >= 0.6 is 0 Å². The molecule has 0 radical (unpaired) electrons. The third kappa shape index (κ3) is 17.2. The molecule has 1 aromatic rings. The number of nitrogens with one attached hydrogen (secondary N) is 4. The van der Waals surface area contributed by atoms with E-state index in [9.17, 15) is 73.6 Å². The van der Waals surface area contributed by atoms with Crippen molar-refractivity contribution in [2.24, 2.45) is 0 Å². The van der Waals surface area contributed by atoms with Crippen LogP contribution in [0, 0.1) is 0 Å². The van der Waals surface area contributed by atoms with Crippen molar-refractivity contribution in [1.82, 2.24) is 21.3 Å². The van der Waals surface area contributed by atoms with Gasteiger partial charge in [0.1, 0.15) is 103 Å². The highest BCUT2D eigenvalue weighted by molar-refractivity contribution is 7.81. The van der Waals surface area contributed by atoms with Crippen molar-refractivity contribution in [1.29, 1.82) is 0 Å². The molecule has 77 heavy (non-hydrogen) atoms. The molecule has 4 fully saturated rings. The summed E-state index contributed by atoms with van der Waals surface area (Å²) >= 11 is 0. The number of amides is 4. The Balaban J connectivity index is 1.37. The topological polar surface area (TPSA) is 425 Å². The van der Waals surface area contributed by atoms with Crippen LogP contribution in [0.4, 0.5) is 0 Å². The van der Waals surface area contributed by atoms with E-state index in [1.165, 1.54) is 12.1 Å². The van der Waals surface area contributed by atoms with E-state index in [0.717, 1.165) is 53.6 Å². The van der Waals surface area contributed by atoms with Crippen molar-refractivity contribution >= 4 is 34.0 Å². The van der Waals surface area contributed by atoms with Gasteiger partial charge in [-0.3, -0.25) is 23.4 Å². The van der Waals surface area contributed by atoms with Gasteiger partial charge in [-0.15, -0.1) is 0 Å². The van der Waals surface area contributed by atoms with E-state index in [1.54, 1.807) is 12.1 Å². The minimum Gasteiger partial charge on any atom is -0.494 e. The fraction of sp³-hybridized carbons (Fsp3) is 0.745. The SMILES string of the molecule is CCCC/C=C\CCCOc1cccc(C(=O)NC2C(OC3C(CO)OC(OC4C(CO)OC(OC5C(COS(=O)(=O)OC)OC(O)C(NC(C)=O)C5O)C(NC(C)=O)C4O)C(NC(C)=O)C3O)OC(CO)C(O)C2O)c1. The van der Waals surface area contributed by atoms with E-state index in [0.29, 0.717) is 18.8 Å². The zero-order chi connectivity index (χ0) is 56.7. The van der Waals surface area contributed by atoms with E-state index in [4.69, 9.17) is 42.1 Å². The van der Waals surface area contributed by atoms with Gasteiger partial charge >= 0.3 is 10.4 Å². The Morgan fingerprint density at radius 3 is 1.57 bits per heavy atom. The van der Waals surface area contributed by atoms with E-state index >= 15 is 0 Å². The van der Waals surface area contributed by atoms with Crippen LogP contribution in [0.3, 0.4) is 0 Å². The van der Waals surface area contributed by atoms with Crippen LogP contribution in [0.1, 0.15) is 70.2 Å². The molecule has 4 heterocycles. The molecule has 0 spiro atoms. The standard InChI is InChI=1S/C47H74N4O25S/c1-6-7-8-9-10-11-12-16-68-26-15-13-14-25(17-26)43(63)51-32-36(59)35(58)27(18-52)71-45(32)74-40-28(19-53)72-46(33(38(40)61)49-23(3)56)75-41-29(20-54)73-47(34(39(41)62)50-24(4)57)76-42-30(21-69-77(65,66)67-5)70-44(64)31(37(42)60)48-22(2)55/h9-10,13-15,17,27-42,44-47,52-54,58-62,64H,6-8,11-12,16,18-21H2,1-5H3,(H,48,55)(H,49,56)(H,50,57)(H,51,63)/b10-9-. The summed E-state index contributed by atoms with van der Waals surface area (Å²) in [5, 5.41) is 109. The monoisotopic (exact) mass is 1130 g/mol. The number of ether oxygens (including phenoxy) is 8. The van der Waals surface area contributed by atoms with E-state index < -0.39 is 183 Å². The Labute approximate surface area is 444 Å². The molecule has 4 aliphatic heterocycles. The zero-order valence-electron chi connectivity index (χ0n) is 43.0. The van der Waals surface area contributed by atoms with Gasteiger partial charge in [-0.1, -0.05) is 38.0 Å². The fourth-order valence-electron chi connectivity index (χ4n) is 9.03. The molecule has 1 aromatic carbocycles. The molecular weight excluding hydrogens is 1050 g/mol. The van der Waals surface area contributed by atoms with Gasteiger partial charge in [0, 0.05) is 26.3 Å². The highest BCUT2D eigenvalue weighted by atomic mass is 32.3. The number of rotatable bonds is 26. The third-order valence-corrected chi connectivity index (χ3v) is 13.7. The molecular formula is C47H74N4O25S. The van der Waals surface area contributed by atoms with Crippen LogP contribution in [-0.4, -0.2) is 241 Å². The molecule has 0 aromatic heterocycles. The maximum Gasteiger partial charge on any atom is 0.399 e. The summed E-state index contributed by atoms with van der Waals surface area (Å²) in [6, 6.07) is -0.603. The van der Waals surface area contributed by atoms with Gasteiger partial charge in [0.05, 0.1) is 40.1 Å². The normalized spacial score (nSPS) is 35.7. The fourth-order valence-corrected chi connectivity index (χ4v) is 9.43. The second-order valence-corrected chi connectivity index (χ2v) is 20.1. The summed E-state index contributed by atoms with van der Waals surface area (Å²) in [6.07, 6.45) is -20.3. The van der Waals surface area contributed by atoms with Gasteiger partial charge in [-0.25, -0.2) is 4.18 Å². The second-order valence-electron chi connectivity index (χ2n) is 18.7. The molecule has 0 aliphatic carbocycles. The van der Waals surface area contributed by atoms with E-state index in [1.807, 2.05) is 0 Å². The van der Waals surface area contributed by atoms with Gasteiger partial charge in [0.25, 0.3) is 5.91 Å². The summed E-state index contributed by atoms with van der Waals surface area (Å²) in [4.78, 5) is 51.2. The highest BCUT2D eigenvalue weighted by Crippen LogP contribution is 2.35. The number of benzene rings is 1. The summed E-state index contributed by atoms with van der Waals surface area (Å²) in [7, 11) is -3.88. The van der Waals surface area contributed by atoms with Crippen molar-refractivity contribution in [2.45, 2.75) is 182 Å². The molecule has 438 valence electrons. The highest BCUT2D eigenvalue weighted by Gasteiger charge is 2.56. The van der Waals surface area contributed by atoms with Crippen molar-refractivity contribution in [2.75, 3.05) is 40.1 Å². The Hall–Kier alpha value is -4.13. The number of hydrogen-bond acceptors (Lipinski definition) is 25. The first kappa shape index (κ1) is 63.7. The minimum absolute atomic E-state index is 0.0609. The average molecular weight is 1130 g/mol. The third-order valence-electron chi connectivity index (χ3n) is 12.9. The van der Waals surface area contributed by atoms with E-state index in [2.05, 4.69) is 44.5 Å². The summed E-state index contributed by atoms with van der Waals surface area (Å²) in [6.45, 7) is 1.76. The van der Waals surface area contributed by atoms with Crippen LogP contribution in [0.2, 0.25) is 0 Å². The van der Waals surface area contributed by atoms with Gasteiger partial charge in [-0.2, -0.15) is 8.42 Å². The van der Waals surface area contributed by atoms with Gasteiger partial charge in [0.2, 0.25) is 17.7 Å². The predicted molar refractivity (Wildman–Crippen MR) is 259 cm³/mol. The molecule has 4 saturated heterocycles. The molecule has 20 atom stereocenters. The van der Waals surface area contributed by atoms with Gasteiger partial charge in [-0.05, 0) is 37.5 Å².